The summed E-state index contributed by atoms with van der Waals surface area (Å²) in [7, 11) is 0. The number of alkyl halides is 2. The molecule has 2 atom stereocenters. The normalized spacial score (nSPS) is 18.2. The number of likely N-dealkylation sites (tertiary alicyclic amines) is 2. The maximum atomic E-state index is 13.5. The monoisotopic (exact) mass is 692 g/mol. The van der Waals surface area contributed by atoms with E-state index in [0.717, 1.165) is 57.6 Å². The number of benzene rings is 4. The lowest BCUT2D eigenvalue weighted by Gasteiger charge is -2.38. The molecule has 0 aliphatic carbocycles. The van der Waals surface area contributed by atoms with Crippen LogP contribution in [0, 0.1) is 13.8 Å². The molecule has 0 amide bonds. The lowest BCUT2D eigenvalue weighted by Crippen LogP contribution is -2.44. The molecule has 11 heteroatoms. The highest BCUT2D eigenvalue weighted by Gasteiger charge is 2.31. The third kappa shape index (κ3) is 6.25. The fourth-order valence-electron chi connectivity index (χ4n) is 7.50. The summed E-state index contributed by atoms with van der Waals surface area (Å²) in [5.41, 5.74) is 9.56. The van der Waals surface area contributed by atoms with E-state index in [9.17, 15) is 18.7 Å². The van der Waals surface area contributed by atoms with Crippen molar-refractivity contribution in [1.82, 2.24) is 19.8 Å². The van der Waals surface area contributed by atoms with Crippen molar-refractivity contribution in [3.05, 3.63) is 89.0 Å². The van der Waals surface area contributed by atoms with E-state index in [2.05, 4.69) is 36.9 Å². The zero-order chi connectivity index (χ0) is 35.4. The van der Waals surface area contributed by atoms with Gasteiger partial charge in [0.25, 0.3) is 0 Å². The Morgan fingerprint density at radius 3 is 2.10 bits per heavy atom. The van der Waals surface area contributed by atoms with Crippen LogP contribution in [-0.2, 0) is 17.9 Å². The Labute approximate surface area is 293 Å². The van der Waals surface area contributed by atoms with Gasteiger partial charge >= 0.3 is 12.6 Å². The van der Waals surface area contributed by atoms with Crippen LogP contribution in [0.2, 0.25) is 0 Å². The van der Waals surface area contributed by atoms with Crippen LogP contribution >= 0.6 is 0 Å². The summed E-state index contributed by atoms with van der Waals surface area (Å²) in [6, 6.07) is 21.2. The summed E-state index contributed by atoms with van der Waals surface area (Å²) >= 11 is 0. The molecule has 8 rings (SSSR count). The predicted octanol–water partition coefficient (Wildman–Crippen LogP) is 8.83. The summed E-state index contributed by atoms with van der Waals surface area (Å²) in [6.07, 6.45) is 2.45. The third-order valence-corrected chi connectivity index (χ3v) is 10.5. The second-order valence-corrected chi connectivity index (χ2v) is 13.7. The molecule has 4 aromatic carbocycles. The number of hydrogen-bond donors (Lipinski definition) is 1. The maximum absolute atomic E-state index is 13.5. The second kappa shape index (κ2) is 13.2. The number of nitrogens with zero attached hydrogens (tertiary/aromatic N) is 4. The Kier molecular flexibility index (Phi) is 8.55. The molecule has 1 N–H and O–H groups in total. The Morgan fingerprint density at radius 2 is 1.49 bits per heavy atom. The molecule has 2 aromatic heterocycles. The molecule has 0 saturated carbocycles. The number of fused-ring (bicyclic) bond motifs is 2. The van der Waals surface area contributed by atoms with Crippen LogP contribution in [0.3, 0.4) is 0 Å². The van der Waals surface area contributed by atoms with Gasteiger partial charge in [-0.25, -0.2) is 9.97 Å². The summed E-state index contributed by atoms with van der Waals surface area (Å²) in [5.74, 6) is -0.0896. The van der Waals surface area contributed by atoms with E-state index in [0.29, 0.717) is 53.9 Å². The van der Waals surface area contributed by atoms with Gasteiger partial charge in [0.15, 0.2) is 11.2 Å². The van der Waals surface area contributed by atoms with E-state index in [1.807, 2.05) is 43.3 Å². The third-order valence-electron chi connectivity index (χ3n) is 10.5. The maximum Gasteiger partial charge on any atom is 0.387 e. The number of oxazole rings is 2. The van der Waals surface area contributed by atoms with E-state index in [1.54, 1.807) is 11.0 Å². The lowest BCUT2D eigenvalue weighted by atomic mass is 9.91. The molecule has 2 saturated heterocycles. The molecule has 4 heterocycles. The molecule has 6 aromatic rings. The van der Waals surface area contributed by atoms with E-state index in [1.165, 1.54) is 18.1 Å². The van der Waals surface area contributed by atoms with Gasteiger partial charge in [-0.3, -0.25) is 14.6 Å². The Hall–Kier alpha value is -5.13. The van der Waals surface area contributed by atoms with Crippen molar-refractivity contribution in [1.29, 1.82) is 0 Å². The Bertz CT molecular complexity index is 2280. The van der Waals surface area contributed by atoms with Crippen LogP contribution in [0.15, 0.2) is 75.6 Å². The van der Waals surface area contributed by atoms with Crippen molar-refractivity contribution in [3.8, 4) is 39.8 Å². The zero-order valence-corrected chi connectivity index (χ0v) is 28.7. The molecule has 51 heavy (non-hydrogen) atoms. The number of aliphatic carboxylic acids is 1. The number of carbonyl (C=O) groups is 1. The van der Waals surface area contributed by atoms with Crippen molar-refractivity contribution >= 4 is 28.2 Å². The van der Waals surface area contributed by atoms with Crippen LogP contribution in [0.1, 0.15) is 48.4 Å². The van der Waals surface area contributed by atoms with Gasteiger partial charge < -0.3 is 18.7 Å². The van der Waals surface area contributed by atoms with Crippen molar-refractivity contribution in [2.45, 2.75) is 71.8 Å². The van der Waals surface area contributed by atoms with Gasteiger partial charge in [0.05, 0.1) is 0 Å². The van der Waals surface area contributed by atoms with Crippen molar-refractivity contribution < 1.29 is 32.3 Å². The molecule has 0 radical (unpaired) electrons. The number of aromatic nitrogens is 2. The number of halogens is 2. The smallest absolute Gasteiger partial charge is 0.387 e. The number of carboxylic acid groups (broad SMARTS) is 1. The molecule has 9 nitrogen and oxygen atoms in total. The first-order valence-corrected chi connectivity index (χ1v) is 17.3. The average Bonchev–Trinajstić information content (AvgIpc) is 3.85. The van der Waals surface area contributed by atoms with E-state index < -0.39 is 18.6 Å². The van der Waals surface area contributed by atoms with Crippen molar-refractivity contribution in [3.63, 3.8) is 0 Å². The summed E-state index contributed by atoms with van der Waals surface area (Å²) in [4.78, 5) is 25.7. The second-order valence-electron chi connectivity index (χ2n) is 13.7. The average molecular weight is 693 g/mol. The van der Waals surface area contributed by atoms with Gasteiger partial charge in [-0.15, -0.1) is 0 Å². The highest BCUT2D eigenvalue weighted by atomic mass is 19.3. The minimum atomic E-state index is -3.05. The van der Waals surface area contributed by atoms with Crippen LogP contribution in [-0.4, -0.2) is 62.6 Å². The molecule has 1 unspecified atom stereocenters. The Morgan fingerprint density at radius 1 is 0.843 bits per heavy atom. The number of ether oxygens (including phenoxy) is 1. The summed E-state index contributed by atoms with van der Waals surface area (Å²) < 4.78 is 44.2. The summed E-state index contributed by atoms with van der Waals surface area (Å²) in [5, 5.41) is 9.65. The van der Waals surface area contributed by atoms with Crippen LogP contribution in [0.5, 0.6) is 5.75 Å². The highest BCUT2D eigenvalue weighted by Crippen LogP contribution is 2.39. The van der Waals surface area contributed by atoms with Gasteiger partial charge in [0.2, 0.25) is 11.8 Å². The largest absolute Gasteiger partial charge is 0.480 e. The zero-order valence-electron chi connectivity index (χ0n) is 28.7. The first-order valence-electron chi connectivity index (χ1n) is 17.3. The first-order chi connectivity index (χ1) is 24.6. The van der Waals surface area contributed by atoms with Gasteiger partial charge in [0.1, 0.15) is 22.8 Å². The molecule has 2 fully saturated rings. The predicted molar refractivity (Wildman–Crippen MR) is 190 cm³/mol. The molecule has 262 valence electrons. The highest BCUT2D eigenvalue weighted by molar-refractivity contribution is 5.85. The van der Waals surface area contributed by atoms with Crippen LogP contribution in [0.4, 0.5) is 8.78 Å². The number of carboxylic acids is 1. The molecule has 2 aliphatic heterocycles. The number of rotatable bonds is 10. The van der Waals surface area contributed by atoms with Crippen LogP contribution in [0.25, 0.3) is 56.2 Å². The topological polar surface area (TPSA) is 105 Å². The fraction of sp³-hybridized carbons (Fsp3) is 0.325. The molecular formula is C40H38F2N4O5. The molecule has 2 aliphatic rings. The van der Waals surface area contributed by atoms with E-state index in [-0.39, 0.29) is 12.3 Å². The summed E-state index contributed by atoms with van der Waals surface area (Å²) in [6.45, 7) is 5.97. The van der Waals surface area contributed by atoms with Crippen LogP contribution < -0.4 is 4.74 Å². The van der Waals surface area contributed by atoms with Crippen molar-refractivity contribution in [2.75, 3.05) is 13.1 Å². The molecule has 0 spiro atoms. The standard InChI is InChI=1S/C40H38F2N4O5/c1-22-14-16-45(22)20-25-12-13-34-31(17-25)43-37(49-34)29-9-4-7-27(23(29)2)28-8-5-10-30(24(28)3)38-44-32-18-26(21-46-15-6-11-33(46)39(47)48)35(51-40(41)42)19-36(32)50-38/h4-5,7-10,12-13,17-19,22,33,40H,6,11,14-16,20-21H2,1-3H3,(H,47,48)/t22?,33-/m0/s1. The molecular weight excluding hydrogens is 654 g/mol. The van der Waals surface area contributed by atoms with Gasteiger partial charge in [-0.1, -0.05) is 30.3 Å². The van der Waals surface area contributed by atoms with Gasteiger partial charge in [0, 0.05) is 48.4 Å². The first kappa shape index (κ1) is 33.0. The van der Waals surface area contributed by atoms with Gasteiger partial charge in [-0.2, -0.15) is 8.78 Å². The van der Waals surface area contributed by atoms with Gasteiger partial charge in [-0.05, 0) is 105 Å². The molecule has 0 bridgehead atoms. The lowest BCUT2D eigenvalue weighted by molar-refractivity contribution is -0.142. The van der Waals surface area contributed by atoms with E-state index in [4.69, 9.17) is 23.5 Å². The minimum Gasteiger partial charge on any atom is -0.480 e. The van der Waals surface area contributed by atoms with E-state index >= 15 is 0 Å². The minimum absolute atomic E-state index is 0.0599. The number of hydrogen-bond acceptors (Lipinski definition) is 8. The quantitative estimate of drug-likeness (QED) is 0.151. The Balaban J connectivity index is 1.12. The SMILES string of the molecule is Cc1c(-c2nc3cc(CN4CCC4C)ccc3o2)cccc1-c1cccc(-c2nc3cc(CN4CCC[C@H]4C(=O)O)c(OC(F)F)cc3o2)c1C. The van der Waals surface area contributed by atoms with Crippen molar-refractivity contribution in [2.24, 2.45) is 0 Å². The fourth-order valence-corrected chi connectivity index (χ4v) is 7.50.